The molecule has 2 aliphatic rings. The van der Waals surface area contributed by atoms with Crippen LogP contribution in [0.25, 0.3) is 0 Å². The number of nitrogens with one attached hydrogen (secondary N) is 1. The molecule has 0 unspecified atom stereocenters. The van der Waals surface area contributed by atoms with Gasteiger partial charge in [0.25, 0.3) is 5.69 Å². The Morgan fingerprint density at radius 2 is 1.67 bits per heavy atom. The van der Waals surface area contributed by atoms with E-state index in [1.165, 1.54) is 17.7 Å². The summed E-state index contributed by atoms with van der Waals surface area (Å²) in [5.41, 5.74) is 2.26. The van der Waals surface area contributed by atoms with Gasteiger partial charge in [-0.15, -0.1) is 0 Å². The first-order chi connectivity index (χ1) is 14.6. The highest BCUT2D eigenvalue weighted by molar-refractivity contribution is 5.99. The van der Waals surface area contributed by atoms with Crippen LogP contribution >= 0.6 is 0 Å². The van der Waals surface area contributed by atoms with Crippen LogP contribution in [0.2, 0.25) is 0 Å². The molecule has 2 aromatic carbocycles. The number of carbonyl (C=O) groups excluding carboxylic acids is 1. The zero-order valence-corrected chi connectivity index (χ0v) is 17.0. The Bertz CT molecular complexity index is 884. The minimum atomic E-state index is -0.623. The van der Waals surface area contributed by atoms with Crippen LogP contribution in [0.3, 0.4) is 0 Å². The molecule has 0 spiro atoms. The molecular formula is C23H27N3O4. The lowest BCUT2D eigenvalue weighted by molar-refractivity contribution is -0.384. The van der Waals surface area contributed by atoms with Crippen LogP contribution in [0.4, 0.5) is 11.4 Å². The van der Waals surface area contributed by atoms with E-state index in [1.54, 1.807) is 12.1 Å². The van der Waals surface area contributed by atoms with Gasteiger partial charge in [-0.2, -0.15) is 0 Å². The first kappa shape index (κ1) is 20.5. The molecule has 1 heterocycles. The van der Waals surface area contributed by atoms with Gasteiger partial charge in [0.1, 0.15) is 0 Å². The summed E-state index contributed by atoms with van der Waals surface area (Å²) in [6.45, 7) is 4.31. The van der Waals surface area contributed by atoms with Gasteiger partial charge in [-0.05, 0) is 36.1 Å². The van der Waals surface area contributed by atoms with E-state index < -0.39 is 10.3 Å². The standard InChI is InChI=1S/C23H27N3O4/c27-22(23(11-1-2-12-23)19-5-9-21(10-6-19)26(28)29)24-20-7-3-18(4-8-20)17-25-13-15-30-16-14-25/h3-10H,1-2,11-17H2,(H,24,27). The molecule has 0 radical (unpaired) electrons. The molecule has 0 bridgehead atoms. The highest BCUT2D eigenvalue weighted by atomic mass is 16.6. The molecule has 1 saturated carbocycles. The molecule has 7 nitrogen and oxygen atoms in total. The van der Waals surface area contributed by atoms with Crippen molar-refractivity contribution in [2.24, 2.45) is 0 Å². The maximum absolute atomic E-state index is 13.3. The number of nitrogens with zero attached hydrogens (tertiary/aromatic N) is 2. The van der Waals surface area contributed by atoms with Gasteiger partial charge in [-0.1, -0.05) is 37.1 Å². The highest BCUT2D eigenvalue weighted by Crippen LogP contribution is 2.42. The molecular weight excluding hydrogens is 382 g/mol. The number of nitro benzene ring substituents is 1. The topological polar surface area (TPSA) is 84.7 Å². The number of nitro groups is 1. The molecule has 1 aliphatic carbocycles. The molecule has 2 aromatic rings. The normalized spacial score (nSPS) is 18.8. The average Bonchev–Trinajstić information content (AvgIpc) is 3.27. The van der Waals surface area contributed by atoms with Gasteiger partial charge in [0.05, 0.1) is 23.6 Å². The van der Waals surface area contributed by atoms with Crippen LogP contribution in [0.15, 0.2) is 48.5 Å². The van der Waals surface area contributed by atoms with Crippen LogP contribution in [0.5, 0.6) is 0 Å². The van der Waals surface area contributed by atoms with E-state index in [0.29, 0.717) is 0 Å². The molecule has 1 N–H and O–H groups in total. The van der Waals surface area contributed by atoms with E-state index in [4.69, 9.17) is 4.74 Å². The number of rotatable bonds is 6. The SMILES string of the molecule is O=C(Nc1ccc(CN2CCOCC2)cc1)C1(c2ccc([N+](=O)[O-])cc2)CCCC1. The zero-order valence-electron chi connectivity index (χ0n) is 17.0. The number of amides is 1. The van der Waals surface area contributed by atoms with Crippen molar-refractivity contribution in [2.75, 3.05) is 31.6 Å². The lowest BCUT2D eigenvalue weighted by Crippen LogP contribution is -2.38. The average molecular weight is 409 g/mol. The summed E-state index contributed by atoms with van der Waals surface area (Å²) in [5.74, 6) is -0.0326. The van der Waals surface area contributed by atoms with Gasteiger partial charge < -0.3 is 10.1 Å². The summed E-state index contributed by atoms with van der Waals surface area (Å²) < 4.78 is 5.39. The molecule has 158 valence electrons. The number of benzene rings is 2. The first-order valence-electron chi connectivity index (χ1n) is 10.5. The van der Waals surface area contributed by atoms with Crippen molar-refractivity contribution >= 4 is 17.3 Å². The largest absolute Gasteiger partial charge is 0.379 e. The van der Waals surface area contributed by atoms with Crippen LogP contribution in [-0.2, 0) is 21.5 Å². The molecule has 1 amide bonds. The third kappa shape index (κ3) is 4.37. The number of non-ortho nitro benzene ring substituents is 1. The Labute approximate surface area is 176 Å². The van der Waals surface area contributed by atoms with Gasteiger partial charge in [-0.25, -0.2) is 0 Å². The van der Waals surface area contributed by atoms with E-state index in [9.17, 15) is 14.9 Å². The first-order valence-corrected chi connectivity index (χ1v) is 10.5. The second-order valence-electron chi connectivity index (χ2n) is 8.13. The fourth-order valence-electron chi connectivity index (χ4n) is 4.49. The van der Waals surface area contributed by atoms with E-state index in [2.05, 4.69) is 22.3 Å². The molecule has 1 aliphatic heterocycles. The molecule has 2 fully saturated rings. The summed E-state index contributed by atoms with van der Waals surface area (Å²) in [7, 11) is 0. The van der Waals surface area contributed by atoms with Gasteiger partial charge in [-0.3, -0.25) is 19.8 Å². The predicted molar refractivity (Wildman–Crippen MR) is 114 cm³/mol. The number of morpholine rings is 1. The van der Waals surface area contributed by atoms with Gasteiger partial charge >= 0.3 is 0 Å². The number of anilines is 1. The summed E-state index contributed by atoms with van der Waals surface area (Å²) >= 11 is 0. The third-order valence-electron chi connectivity index (χ3n) is 6.24. The Hall–Kier alpha value is -2.77. The number of ether oxygens (including phenoxy) is 1. The summed E-state index contributed by atoms with van der Waals surface area (Å²) in [4.78, 5) is 26.2. The smallest absolute Gasteiger partial charge is 0.269 e. The van der Waals surface area contributed by atoms with E-state index >= 15 is 0 Å². The molecule has 4 rings (SSSR count). The minimum Gasteiger partial charge on any atom is -0.379 e. The lowest BCUT2D eigenvalue weighted by atomic mass is 9.78. The maximum atomic E-state index is 13.3. The Kier molecular flexibility index (Phi) is 6.11. The number of hydrogen-bond acceptors (Lipinski definition) is 5. The number of hydrogen-bond donors (Lipinski definition) is 1. The van der Waals surface area contributed by atoms with Crippen molar-refractivity contribution < 1.29 is 14.5 Å². The molecule has 0 aromatic heterocycles. The minimum absolute atomic E-state index is 0.0326. The van der Waals surface area contributed by atoms with E-state index in [-0.39, 0.29) is 11.6 Å². The molecule has 1 saturated heterocycles. The summed E-state index contributed by atoms with van der Waals surface area (Å²) in [5, 5.41) is 14.0. The maximum Gasteiger partial charge on any atom is 0.269 e. The fourth-order valence-corrected chi connectivity index (χ4v) is 4.49. The number of carbonyl (C=O) groups is 1. The van der Waals surface area contributed by atoms with Crippen LogP contribution in [-0.4, -0.2) is 42.0 Å². The van der Waals surface area contributed by atoms with Crippen LogP contribution in [0.1, 0.15) is 36.8 Å². The quantitative estimate of drug-likeness (QED) is 0.578. The van der Waals surface area contributed by atoms with Gasteiger partial charge in [0, 0.05) is 37.5 Å². The highest BCUT2D eigenvalue weighted by Gasteiger charge is 2.42. The Balaban J connectivity index is 1.46. The van der Waals surface area contributed by atoms with Gasteiger partial charge in [0.2, 0.25) is 5.91 Å². The zero-order chi connectivity index (χ0) is 21.0. The molecule has 30 heavy (non-hydrogen) atoms. The second-order valence-corrected chi connectivity index (χ2v) is 8.13. The van der Waals surface area contributed by atoms with Crippen molar-refractivity contribution in [2.45, 2.75) is 37.6 Å². The lowest BCUT2D eigenvalue weighted by Gasteiger charge is -2.28. The fraction of sp³-hybridized carbons (Fsp3) is 0.435. The predicted octanol–water partition coefficient (Wildman–Crippen LogP) is 3.88. The monoisotopic (exact) mass is 409 g/mol. The van der Waals surface area contributed by atoms with E-state index in [1.807, 2.05) is 12.1 Å². The summed E-state index contributed by atoms with van der Waals surface area (Å²) in [6.07, 6.45) is 3.46. The second kappa shape index (κ2) is 8.93. The molecule has 7 heteroatoms. The van der Waals surface area contributed by atoms with Crippen molar-refractivity contribution in [1.82, 2.24) is 4.90 Å². The van der Waals surface area contributed by atoms with Crippen molar-refractivity contribution in [3.63, 3.8) is 0 Å². The summed E-state index contributed by atoms with van der Waals surface area (Å²) in [6, 6.07) is 14.4. The van der Waals surface area contributed by atoms with Crippen LogP contribution in [0, 0.1) is 10.1 Å². The van der Waals surface area contributed by atoms with E-state index in [0.717, 1.165) is 69.8 Å². The van der Waals surface area contributed by atoms with Crippen molar-refractivity contribution in [1.29, 1.82) is 0 Å². The van der Waals surface area contributed by atoms with Gasteiger partial charge in [0.15, 0.2) is 0 Å². The molecule has 0 atom stereocenters. The Morgan fingerprint density at radius 3 is 2.27 bits per heavy atom. The van der Waals surface area contributed by atoms with Crippen molar-refractivity contribution in [3.8, 4) is 0 Å². The van der Waals surface area contributed by atoms with Crippen LogP contribution < -0.4 is 5.32 Å². The third-order valence-corrected chi connectivity index (χ3v) is 6.24. The Morgan fingerprint density at radius 1 is 1.03 bits per heavy atom. The van der Waals surface area contributed by atoms with Crippen molar-refractivity contribution in [3.05, 3.63) is 69.8 Å².